The van der Waals surface area contributed by atoms with Gasteiger partial charge in [0.25, 0.3) is 0 Å². The third-order valence-corrected chi connectivity index (χ3v) is 5.82. The molecule has 0 unspecified atom stereocenters. The Hall–Kier alpha value is -1.54. The molecule has 2 nitrogen and oxygen atoms in total. The molecule has 0 N–H and O–H groups in total. The van der Waals surface area contributed by atoms with Gasteiger partial charge in [-0.1, -0.05) is 48.7 Å². The molecule has 0 radical (unpaired) electrons. The Kier molecular flexibility index (Phi) is 4.61. The van der Waals surface area contributed by atoms with E-state index < -0.39 is 0 Å². The molecule has 1 saturated carbocycles. The monoisotopic (exact) mass is 344 g/mol. The molecule has 3 heteroatoms. The minimum atomic E-state index is -0.282. The zero-order valence-electron chi connectivity index (χ0n) is 14.7. The average molecular weight is 345 g/mol. The van der Waals surface area contributed by atoms with Gasteiger partial charge in [-0.05, 0) is 50.5 Å². The summed E-state index contributed by atoms with van der Waals surface area (Å²) in [6.07, 6.45) is 3.90. The summed E-state index contributed by atoms with van der Waals surface area (Å²) in [5, 5.41) is 0.616. The summed E-state index contributed by atoms with van der Waals surface area (Å²) in [4.78, 5) is 12.5. The van der Waals surface area contributed by atoms with Gasteiger partial charge in [0.05, 0.1) is 5.56 Å². The lowest BCUT2D eigenvalue weighted by atomic mass is 9.80. The highest BCUT2D eigenvalue weighted by Crippen LogP contribution is 2.49. The Morgan fingerprint density at radius 1 is 1.29 bits per heavy atom. The number of halogens is 1. The van der Waals surface area contributed by atoms with E-state index in [2.05, 4.69) is 27.4 Å². The zero-order valence-corrected chi connectivity index (χ0v) is 15.5. The van der Waals surface area contributed by atoms with Crippen molar-refractivity contribution >= 4 is 17.6 Å². The number of hydrogen-bond acceptors (Lipinski definition) is 2. The Bertz CT molecular complexity index is 697. The van der Waals surface area contributed by atoms with E-state index in [-0.39, 0.29) is 17.5 Å². The molecule has 1 aromatic carbocycles. The van der Waals surface area contributed by atoms with Crippen molar-refractivity contribution in [3.05, 3.63) is 58.1 Å². The fraction of sp³-hybridized carbons (Fsp3) is 0.476. The lowest BCUT2D eigenvalue weighted by Crippen LogP contribution is -2.33. The molecule has 0 aliphatic heterocycles. The van der Waals surface area contributed by atoms with Gasteiger partial charge in [-0.25, -0.2) is 4.79 Å². The SMILES string of the molecule is C=C1C[C@@H](OC(=O)c2ccc(Cl)cc2)C(C)(C)CC2=C(C)CC[C@@H]12. The summed E-state index contributed by atoms with van der Waals surface area (Å²) < 4.78 is 5.92. The summed E-state index contributed by atoms with van der Waals surface area (Å²) in [6.45, 7) is 10.9. The second-order valence-electron chi connectivity index (χ2n) is 7.83. The first-order valence-corrected chi connectivity index (χ1v) is 8.98. The molecule has 128 valence electrons. The van der Waals surface area contributed by atoms with E-state index in [0.717, 1.165) is 19.3 Å². The lowest BCUT2D eigenvalue weighted by molar-refractivity contribution is -0.00586. The van der Waals surface area contributed by atoms with E-state index in [0.29, 0.717) is 16.5 Å². The average Bonchev–Trinajstić information content (AvgIpc) is 2.83. The van der Waals surface area contributed by atoms with E-state index in [1.165, 1.54) is 23.1 Å². The molecule has 3 rings (SSSR count). The first-order valence-electron chi connectivity index (χ1n) is 8.60. The van der Waals surface area contributed by atoms with Gasteiger partial charge < -0.3 is 4.74 Å². The van der Waals surface area contributed by atoms with Gasteiger partial charge in [0.15, 0.2) is 0 Å². The largest absolute Gasteiger partial charge is 0.458 e. The maximum Gasteiger partial charge on any atom is 0.338 e. The predicted octanol–water partition coefficient (Wildman–Crippen LogP) is 5.97. The van der Waals surface area contributed by atoms with E-state index >= 15 is 0 Å². The summed E-state index contributed by atoms with van der Waals surface area (Å²) in [5.41, 5.74) is 4.68. The summed E-state index contributed by atoms with van der Waals surface area (Å²) in [5.74, 6) is 0.193. The van der Waals surface area contributed by atoms with E-state index in [1.807, 2.05) is 0 Å². The predicted molar refractivity (Wildman–Crippen MR) is 98.2 cm³/mol. The molecule has 2 aliphatic carbocycles. The number of carbonyl (C=O) groups excluding carboxylic acids is 1. The van der Waals surface area contributed by atoms with E-state index in [1.54, 1.807) is 24.3 Å². The third kappa shape index (κ3) is 3.30. The second-order valence-corrected chi connectivity index (χ2v) is 8.26. The van der Waals surface area contributed by atoms with Crippen molar-refractivity contribution in [1.82, 2.24) is 0 Å². The van der Waals surface area contributed by atoms with Gasteiger partial charge in [0, 0.05) is 22.8 Å². The Morgan fingerprint density at radius 3 is 2.62 bits per heavy atom. The van der Waals surface area contributed by atoms with Gasteiger partial charge in [0.1, 0.15) is 6.10 Å². The fourth-order valence-electron chi connectivity index (χ4n) is 3.96. The maximum atomic E-state index is 12.5. The van der Waals surface area contributed by atoms with Crippen molar-refractivity contribution in [2.45, 2.75) is 52.6 Å². The van der Waals surface area contributed by atoms with Crippen LogP contribution in [-0.4, -0.2) is 12.1 Å². The summed E-state index contributed by atoms with van der Waals surface area (Å²) in [7, 11) is 0. The van der Waals surface area contributed by atoms with Crippen molar-refractivity contribution in [2.24, 2.45) is 11.3 Å². The highest BCUT2D eigenvalue weighted by molar-refractivity contribution is 6.30. The number of hydrogen-bond donors (Lipinski definition) is 0. The molecule has 0 aromatic heterocycles. The Morgan fingerprint density at radius 2 is 1.96 bits per heavy atom. The highest BCUT2D eigenvalue weighted by atomic mass is 35.5. The molecule has 0 amide bonds. The molecule has 2 aliphatic rings. The minimum Gasteiger partial charge on any atom is -0.458 e. The molecule has 0 saturated heterocycles. The van der Waals surface area contributed by atoms with Crippen molar-refractivity contribution in [3.8, 4) is 0 Å². The maximum absolute atomic E-state index is 12.5. The normalized spacial score (nSPS) is 26.1. The van der Waals surface area contributed by atoms with Crippen LogP contribution < -0.4 is 0 Å². The van der Waals surface area contributed by atoms with Crippen LogP contribution in [0.4, 0.5) is 0 Å². The number of benzene rings is 1. The van der Waals surface area contributed by atoms with Crippen LogP contribution in [-0.2, 0) is 4.74 Å². The minimum absolute atomic E-state index is 0.0965. The number of rotatable bonds is 2. The summed E-state index contributed by atoms with van der Waals surface area (Å²) in [6, 6.07) is 6.86. The van der Waals surface area contributed by atoms with Crippen LogP contribution in [0, 0.1) is 11.3 Å². The standard InChI is InChI=1S/C21H25ClO2/c1-13-5-10-17-14(2)11-19(21(3,4)12-18(13)17)24-20(23)15-6-8-16(22)9-7-15/h6-9,17,19H,2,5,10-12H2,1,3-4H3/t17-,19+/m0/s1. The van der Waals surface area contributed by atoms with Crippen molar-refractivity contribution in [3.63, 3.8) is 0 Å². The van der Waals surface area contributed by atoms with Gasteiger partial charge in [-0.15, -0.1) is 0 Å². The first kappa shape index (κ1) is 17.3. The van der Waals surface area contributed by atoms with Crippen LogP contribution in [0.15, 0.2) is 47.6 Å². The van der Waals surface area contributed by atoms with Crippen molar-refractivity contribution in [2.75, 3.05) is 0 Å². The molecule has 1 fully saturated rings. The van der Waals surface area contributed by atoms with Crippen LogP contribution in [0.25, 0.3) is 0 Å². The number of allylic oxidation sites excluding steroid dienone is 2. The molecule has 24 heavy (non-hydrogen) atoms. The smallest absolute Gasteiger partial charge is 0.338 e. The number of esters is 1. The van der Waals surface area contributed by atoms with Crippen LogP contribution in [0.2, 0.25) is 5.02 Å². The topological polar surface area (TPSA) is 26.3 Å². The Balaban J connectivity index is 1.82. The lowest BCUT2D eigenvalue weighted by Gasteiger charge is -2.32. The molecule has 1 aromatic rings. The number of ether oxygens (including phenoxy) is 1. The Labute approximate surface area is 149 Å². The van der Waals surface area contributed by atoms with Crippen molar-refractivity contribution < 1.29 is 9.53 Å². The van der Waals surface area contributed by atoms with Crippen LogP contribution >= 0.6 is 11.6 Å². The molecular formula is C21H25ClO2. The van der Waals surface area contributed by atoms with Gasteiger partial charge in [0.2, 0.25) is 0 Å². The molecule has 0 spiro atoms. The molecule has 2 atom stereocenters. The molecule has 0 heterocycles. The third-order valence-electron chi connectivity index (χ3n) is 5.56. The summed E-state index contributed by atoms with van der Waals surface area (Å²) >= 11 is 5.89. The van der Waals surface area contributed by atoms with Gasteiger partial charge in [-0.2, -0.15) is 0 Å². The fourth-order valence-corrected chi connectivity index (χ4v) is 4.09. The van der Waals surface area contributed by atoms with Crippen molar-refractivity contribution in [1.29, 1.82) is 0 Å². The van der Waals surface area contributed by atoms with Crippen LogP contribution in [0.5, 0.6) is 0 Å². The second kappa shape index (κ2) is 6.40. The van der Waals surface area contributed by atoms with E-state index in [9.17, 15) is 4.79 Å². The van der Waals surface area contributed by atoms with E-state index in [4.69, 9.17) is 16.3 Å². The molecular weight excluding hydrogens is 320 g/mol. The first-order chi connectivity index (χ1) is 11.3. The quantitative estimate of drug-likeness (QED) is 0.488. The van der Waals surface area contributed by atoms with Crippen LogP contribution in [0.1, 0.15) is 56.8 Å². The van der Waals surface area contributed by atoms with Crippen LogP contribution in [0.3, 0.4) is 0 Å². The van der Waals surface area contributed by atoms with Gasteiger partial charge in [-0.3, -0.25) is 0 Å². The zero-order chi connectivity index (χ0) is 17.5. The number of carbonyl (C=O) groups is 1. The number of fused-ring (bicyclic) bond motifs is 1. The highest BCUT2D eigenvalue weighted by Gasteiger charge is 2.41. The van der Waals surface area contributed by atoms with Gasteiger partial charge >= 0.3 is 5.97 Å². The molecule has 0 bridgehead atoms.